The standard InChI is InChI=1S/C16H25ClN2.ClH/c1-12(15-4-3-5-16(17)10-15)11-19-8-6-14(7-9-19)13(2)18;/h3-5,10,12-14H,6-9,11,18H2,1-2H3;1H. The van der Waals surface area contributed by atoms with E-state index in [-0.39, 0.29) is 12.4 Å². The molecule has 4 heteroatoms. The van der Waals surface area contributed by atoms with E-state index in [4.69, 9.17) is 17.3 Å². The summed E-state index contributed by atoms with van der Waals surface area (Å²) in [6.45, 7) is 7.89. The molecule has 0 bridgehead atoms. The third-order valence-corrected chi connectivity index (χ3v) is 4.56. The lowest BCUT2D eigenvalue weighted by molar-refractivity contribution is 0.166. The van der Waals surface area contributed by atoms with Crippen LogP contribution in [0.25, 0.3) is 0 Å². The van der Waals surface area contributed by atoms with Crippen LogP contribution in [0.4, 0.5) is 0 Å². The van der Waals surface area contributed by atoms with E-state index in [1.54, 1.807) is 0 Å². The van der Waals surface area contributed by atoms with Crippen LogP contribution in [-0.4, -0.2) is 30.6 Å². The van der Waals surface area contributed by atoms with Crippen molar-refractivity contribution in [2.45, 2.75) is 38.6 Å². The molecule has 1 heterocycles. The molecule has 114 valence electrons. The van der Waals surface area contributed by atoms with Crippen molar-refractivity contribution in [1.29, 1.82) is 0 Å². The predicted molar refractivity (Wildman–Crippen MR) is 89.9 cm³/mol. The zero-order chi connectivity index (χ0) is 13.8. The number of hydrogen-bond acceptors (Lipinski definition) is 2. The third kappa shape index (κ3) is 4.92. The largest absolute Gasteiger partial charge is 0.328 e. The van der Waals surface area contributed by atoms with Crippen LogP contribution < -0.4 is 5.73 Å². The zero-order valence-electron chi connectivity index (χ0n) is 12.4. The Morgan fingerprint density at radius 3 is 2.50 bits per heavy atom. The van der Waals surface area contributed by atoms with Crippen LogP contribution in [0.15, 0.2) is 24.3 Å². The molecular formula is C16H26Cl2N2. The van der Waals surface area contributed by atoms with Gasteiger partial charge in [0.05, 0.1) is 0 Å². The van der Waals surface area contributed by atoms with Crippen molar-refractivity contribution in [1.82, 2.24) is 4.90 Å². The highest BCUT2D eigenvalue weighted by Crippen LogP contribution is 2.24. The molecular weight excluding hydrogens is 291 g/mol. The van der Waals surface area contributed by atoms with Crippen molar-refractivity contribution in [2.24, 2.45) is 11.7 Å². The van der Waals surface area contributed by atoms with E-state index < -0.39 is 0 Å². The summed E-state index contributed by atoms with van der Waals surface area (Å²) in [5.74, 6) is 1.24. The number of nitrogens with zero attached hydrogens (tertiary/aromatic N) is 1. The van der Waals surface area contributed by atoms with E-state index >= 15 is 0 Å². The van der Waals surface area contributed by atoms with Gasteiger partial charge in [-0.05, 0) is 62.4 Å². The average molecular weight is 317 g/mol. The number of piperidine rings is 1. The maximum atomic E-state index is 6.06. The Bertz CT molecular complexity index is 401. The van der Waals surface area contributed by atoms with Crippen LogP contribution in [0, 0.1) is 5.92 Å². The Labute approximate surface area is 134 Å². The molecule has 0 spiro atoms. The normalized spacial score (nSPS) is 20.2. The van der Waals surface area contributed by atoms with Gasteiger partial charge in [0.2, 0.25) is 0 Å². The van der Waals surface area contributed by atoms with E-state index in [9.17, 15) is 0 Å². The topological polar surface area (TPSA) is 29.3 Å². The summed E-state index contributed by atoms with van der Waals surface area (Å²) in [6, 6.07) is 8.57. The molecule has 2 rings (SSSR count). The number of benzene rings is 1. The fourth-order valence-electron chi connectivity index (χ4n) is 2.97. The van der Waals surface area contributed by atoms with Gasteiger partial charge in [-0.15, -0.1) is 12.4 Å². The maximum Gasteiger partial charge on any atom is 0.0408 e. The number of nitrogens with two attached hydrogens (primary N) is 1. The lowest BCUT2D eigenvalue weighted by atomic mass is 9.90. The highest BCUT2D eigenvalue weighted by atomic mass is 35.5. The molecule has 1 aromatic carbocycles. The molecule has 1 aliphatic heterocycles. The lowest BCUT2D eigenvalue weighted by Gasteiger charge is -2.35. The molecule has 1 aliphatic rings. The lowest BCUT2D eigenvalue weighted by Crippen LogP contribution is -2.40. The van der Waals surface area contributed by atoms with Gasteiger partial charge in [0.1, 0.15) is 0 Å². The highest BCUT2D eigenvalue weighted by molar-refractivity contribution is 6.30. The van der Waals surface area contributed by atoms with Crippen molar-refractivity contribution in [3.8, 4) is 0 Å². The molecule has 20 heavy (non-hydrogen) atoms. The first-order chi connectivity index (χ1) is 9.06. The van der Waals surface area contributed by atoms with Gasteiger partial charge < -0.3 is 10.6 Å². The van der Waals surface area contributed by atoms with Crippen molar-refractivity contribution in [3.05, 3.63) is 34.9 Å². The molecule has 2 nitrogen and oxygen atoms in total. The molecule has 2 unspecified atom stereocenters. The van der Waals surface area contributed by atoms with E-state index in [2.05, 4.69) is 30.9 Å². The van der Waals surface area contributed by atoms with Gasteiger partial charge in [-0.25, -0.2) is 0 Å². The van der Waals surface area contributed by atoms with E-state index in [1.165, 1.54) is 31.5 Å². The molecule has 1 fully saturated rings. The summed E-state index contributed by atoms with van der Waals surface area (Å²) in [5, 5.41) is 0.833. The van der Waals surface area contributed by atoms with Crippen LogP contribution in [0.3, 0.4) is 0 Å². The van der Waals surface area contributed by atoms with Crippen LogP contribution >= 0.6 is 24.0 Å². The minimum absolute atomic E-state index is 0. The van der Waals surface area contributed by atoms with Gasteiger partial charge in [-0.2, -0.15) is 0 Å². The van der Waals surface area contributed by atoms with Crippen LogP contribution in [0.1, 0.15) is 38.2 Å². The smallest absolute Gasteiger partial charge is 0.0408 e. The SMILES string of the molecule is CC(CN1CCC(C(C)N)CC1)c1cccc(Cl)c1.Cl. The number of hydrogen-bond donors (Lipinski definition) is 1. The van der Waals surface area contributed by atoms with Crippen molar-refractivity contribution in [2.75, 3.05) is 19.6 Å². The van der Waals surface area contributed by atoms with Crippen LogP contribution in [0.5, 0.6) is 0 Å². The average Bonchev–Trinajstić information content (AvgIpc) is 2.39. The molecule has 0 aliphatic carbocycles. The van der Waals surface area contributed by atoms with E-state index in [1.807, 2.05) is 12.1 Å². The first-order valence-electron chi connectivity index (χ1n) is 7.29. The Hall–Kier alpha value is -0.280. The fourth-order valence-corrected chi connectivity index (χ4v) is 3.17. The molecule has 0 saturated carbocycles. The summed E-state index contributed by atoms with van der Waals surface area (Å²) < 4.78 is 0. The first-order valence-corrected chi connectivity index (χ1v) is 7.67. The molecule has 0 aromatic heterocycles. The van der Waals surface area contributed by atoms with Crippen LogP contribution in [-0.2, 0) is 0 Å². The van der Waals surface area contributed by atoms with E-state index in [0.717, 1.165) is 11.6 Å². The monoisotopic (exact) mass is 316 g/mol. The number of rotatable bonds is 4. The van der Waals surface area contributed by atoms with Crippen molar-refractivity contribution in [3.63, 3.8) is 0 Å². The van der Waals surface area contributed by atoms with Gasteiger partial charge in [0.15, 0.2) is 0 Å². The van der Waals surface area contributed by atoms with E-state index in [0.29, 0.717) is 17.9 Å². The summed E-state index contributed by atoms with van der Waals surface area (Å²) in [7, 11) is 0. The van der Waals surface area contributed by atoms with Crippen molar-refractivity contribution < 1.29 is 0 Å². The summed E-state index contributed by atoms with van der Waals surface area (Å²) in [6.07, 6.45) is 2.47. The second-order valence-electron chi connectivity index (χ2n) is 5.95. The maximum absolute atomic E-state index is 6.06. The Kier molecular flexibility index (Phi) is 7.32. The molecule has 2 N–H and O–H groups in total. The molecule has 0 amide bonds. The Morgan fingerprint density at radius 1 is 1.30 bits per heavy atom. The zero-order valence-corrected chi connectivity index (χ0v) is 14.0. The van der Waals surface area contributed by atoms with Gasteiger partial charge in [0, 0.05) is 17.6 Å². The van der Waals surface area contributed by atoms with Gasteiger partial charge >= 0.3 is 0 Å². The number of likely N-dealkylation sites (tertiary alicyclic amines) is 1. The number of halogens is 2. The molecule has 2 atom stereocenters. The van der Waals surface area contributed by atoms with Gasteiger partial charge in [-0.3, -0.25) is 0 Å². The second kappa shape index (κ2) is 8.23. The molecule has 0 radical (unpaired) electrons. The Morgan fingerprint density at radius 2 is 1.95 bits per heavy atom. The van der Waals surface area contributed by atoms with Crippen LogP contribution in [0.2, 0.25) is 5.02 Å². The molecule has 1 aromatic rings. The predicted octanol–water partition coefficient (Wildman–Crippen LogP) is 3.92. The summed E-state index contributed by atoms with van der Waals surface area (Å²) in [4.78, 5) is 2.56. The highest BCUT2D eigenvalue weighted by Gasteiger charge is 2.22. The molecule has 1 saturated heterocycles. The van der Waals surface area contributed by atoms with Gasteiger partial charge in [-0.1, -0.05) is 30.7 Å². The van der Waals surface area contributed by atoms with Crippen molar-refractivity contribution >= 4 is 24.0 Å². The summed E-state index contributed by atoms with van der Waals surface area (Å²) in [5.41, 5.74) is 7.32. The van der Waals surface area contributed by atoms with Gasteiger partial charge in [0.25, 0.3) is 0 Å². The third-order valence-electron chi connectivity index (χ3n) is 4.33. The summed E-state index contributed by atoms with van der Waals surface area (Å²) >= 11 is 6.06. The fraction of sp³-hybridized carbons (Fsp3) is 0.625. The first kappa shape index (κ1) is 17.8. The minimum atomic E-state index is 0. The second-order valence-corrected chi connectivity index (χ2v) is 6.39. The quantitative estimate of drug-likeness (QED) is 0.912. The minimum Gasteiger partial charge on any atom is -0.328 e. The Balaban J connectivity index is 0.00000200.